The third-order valence-electron chi connectivity index (χ3n) is 0.390. The summed E-state index contributed by atoms with van der Waals surface area (Å²) >= 11 is 0. The summed E-state index contributed by atoms with van der Waals surface area (Å²) < 4.78 is 0. The molecule has 2 heteroatoms. The van der Waals surface area contributed by atoms with Gasteiger partial charge in [0.2, 0.25) is 0 Å². The van der Waals surface area contributed by atoms with Crippen LogP contribution in [0.3, 0.4) is 0 Å². The lowest BCUT2D eigenvalue weighted by Crippen LogP contribution is -1.92. The smallest absolute Gasteiger partial charge is 0.112 e. The van der Waals surface area contributed by atoms with E-state index in [9.17, 15) is 0 Å². The minimum absolute atomic E-state index is 0.176. The summed E-state index contributed by atoms with van der Waals surface area (Å²) in [7, 11) is 0. The lowest BCUT2D eigenvalue weighted by Gasteiger charge is -1.83. The predicted molar refractivity (Wildman–Crippen MR) is 26.5 cm³/mol. The number of rotatable bonds is 0. The standard InChI is InChI=1S/C5H8O2/c1-5(7)3-2-4-6/h5-7H,4H2,1H3/t5-/m0/s1. The number of hydrogen-bond donors (Lipinski definition) is 2. The molecule has 40 valence electrons. The Morgan fingerprint density at radius 1 is 1.71 bits per heavy atom. The van der Waals surface area contributed by atoms with Crippen molar-refractivity contribution in [3.8, 4) is 11.8 Å². The molecule has 0 aliphatic heterocycles. The van der Waals surface area contributed by atoms with E-state index >= 15 is 0 Å². The SMILES string of the molecule is C[C@H](O)C#CCO. The van der Waals surface area contributed by atoms with Gasteiger partial charge in [0.1, 0.15) is 12.7 Å². The molecule has 2 nitrogen and oxygen atoms in total. The Balaban J connectivity index is 3.24. The average molecular weight is 100 g/mol. The van der Waals surface area contributed by atoms with Crippen molar-refractivity contribution in [3.63, 3.8) is 0 Å². The molecule has 0 amide bonds. The van der Waals surface area contributed by atoms with Gasteiger partial charge in [0.25, 0.3) is 0 Å². The van der Waals surface area contributed by atoms with Gasteiger partial charge in [-0.1, -0.05) is 11.8 Å². The molecule has 0 aromatic carbocycles. The summed E-state index contributed by atoms with van der Waals surface area (Å²) in [4.78, 5) is 0. The quantitative estimate of drug-likeness (QED) is 0.398. The van der Waals surface area contributed by atoms with Crippen molar-refractivity contribution >= 4 is 0 Å². The van der Waals surface area contributed by atoms with Crippen LogP contribution in [0, 0.1) is 11.8 Å². The molecule has 0 heterocycles. The van der Waals surface area contributed by atoms with Crippen LogP contribution in [-0.4, -0.2) is 22.9 Å². The second kappa shape index (κ2) is 3.66. The Bertz CT molecular complexity index is 86.0. The van der Waals surface area contributed by atoms with E-state index < -0.39 is 6.10 Å². The third-order valence-corrected chi connectivity index (χ3v) is 0.390. The Hall–Kier alpha value is -0.520. The van der Waals surface area contributed by atoms with Gasteiger partial charge in [-0.15, -0.1) is 0 Å². The molecule has 0 aromatic heterocycles. The largest absolute Gasteiger partial charge is 0.384 e. The molecule has 1 atom stereocenters. The summed E-state index contributed by atoms with van der Waals surface area (Å²) in [5.41, 5.74) is 0. The lowest BCUT2D eigenvalue weighted by atomic mass is 10.4. The first kappa shape index (κ1) is 6.48. The zero-order chi connectivity index (χ0) is 5.70. The molecule has 7 heavy (non-hydrogen) atoms. The maximum Gasteiger partial charge on any atom is 0.112 e. The maximum atomic E-state index is 8.40. The Morgan fingerprint density at radius 3 is 2.43 bits per heavy atom. The van der Waals surface area contributed by atoms with Gasteiger partial charge in [-0.25, -0.2) is 0 Å². The second-order valence-electron chi connectivity index (χ2n) is 1.16. The molecule has 0 rings (SSSR count). The fourth-order valence-electron chi connectivity index (χ4n) is 0.193. The van der Waals surface area contributed by atoms with Gasteiger partial charge in [0, 0.05) is 0 Å². The zero-order valence-corrected chi connectivity index (χ0v) is 4.18. The van der Waals surface area contributed by atoms with Crippen molar-refractivity contribution in [1.82, 2.24) is 0 Å². The van der Waals surface area contributed by atoms with E-state index in [-0.39, 0.29) is 6.61 Å². The minimum Gasteiger partial charge on any atom is -0.384 e. The van der Waals surface area contributed by atoms with Crippen molar-refractivity contribution in [1.29, 1.82) is 0 Å². The van der Waals surface area contributed by atoms with Crippen molar-refractivity contribution in [2.75, 3.05) is 6.61 Å². The topological polar surface area (TPSA) is 40.5 Å². The first-order valence-electron chi connectivity index (χ1n) is 2.04. The van der Waals surface area contributed by atoms with Gasteiger partial charge < -0.3 is 10.2 Å². The summed E-state index contributed by atoms with van der Waals surface area (Å²) in [6.07, 6.45) is -0.618. The highest BCUT2D eigenvalue weighted by atomic mass is 16.3. The zero-order valence-electron chi connectivity index (χ0n) is 4.18. The van der Waals surface area contributed by atoms with E-state index in [1.165, 1.54) is 0 Å². The van der Waals surface area contributed by atoms with Crippen LogP contribution >= 0.6 is 0 Å². The van der Waals surface area contributed by atoms with Crippen LogP contribution in [0.15, 0.2) is 0 Å². The van der Waals surface area contributed by atoms with E-state index in [4.69, 9.17) is 10.2 Å². The highest BCUT2D eigenvalue weighted by molar-refractivity contribution is 5.02. The van der Waals surface area contributed by atoms with Crippen molar-refractivity contribution in [3.05, 3.63) is 0 Å². The first-order chi connectivity index (χ1) is 3.27. The second-order valence-corrected chi connectivity index (χ2v) is 1.16. The maximum absolute atomic E-state index is 8.40. The van der Waals surface area contributed by atoms with Crippen LogP contribution in [0.5, 0.6) is 0 Å². The number of hydrogen-bond acceptors (Lipinski definition) is 2. The fourth-order valence-corrected chi connectivity index (χ4v) is 0.193. The van der Waals surface area contributed by atoms with E-state index in [1.807, 2.05) is 0 Å². The molecule has 0 unspecified atom stereocenters. The molecule has 0 saturated heterocycles. The third kappa shape index (κ3) is 5.48. The highest BCUT2D eigenvalue weighted by Gasteiger charge is 1.78. The van der Waals surface area contributed by atoms with E-state index in [1.54, 1.807) is 6.92 Å². The van der Waals surface area contributed by atoms with Crippen LogP contribution in [0.25, 0.3) is 0 Å². The predicted octanol–water partition coefficient (Wildman–Crippen LogP) is -0.637. The number of aliphatic hydroxyl groups is 2. The molecule has 0 bridgehead atoms. The summed E-state index contributed by atoms with van der Waals surface area (Å²) in [6, 6.07) is 0. The molecule has 2 N–H and O–H groups in total. The monoisotopic (exact) mass is 100 g/mol. The molecular weight excluding hydrogens is 92.1 g/mol. The highest BCUT2D eigenvalue weighted by Crippen LogP contribution is 1.69. The molecular formula is C5H8O2. The molecule has 0 aromatic rings. The van der Waals surface area contributed by atoms with Gasteiger partial charge in [-0.3, -0.25) is 0 Å². The van der Waals surface area contributed by atoms with Gasteiger partial charge in [-0.05, 0) is 6.92 Å². The fraction of sp³-hybridized carbons (Fsp3) is 0.600. The summed E-state index contributed by atoms with van der Waals surface area (Å²) in [5, 5.41) is 16.4. The van der Waals surface area contributed by atoms with Crippen molar-refractivity contribution in [2.24, 2.45) is 0 Å². The van der Waals surface area contributed by atoms with Gasteiger partial charge in [0.15, 0.2) is 0 Å². The van der Waals surface area contributed by atoms with E-state index in [2.05, 4.69) is 11.8 Å². The molecule has 0 radical (unpaired) electrons. The molecule has 0 spiro atoms. The molecule has 0 aliphatic rings. The molecule has 0 fully saturated rings. The van der Waals surface area contributed by atoms with Crippen molar-refractivity contribution in [2.45, 2.75) is 13.0 Å². The van der Waals surface area contributed by atoms with Crippen LogP contribution in [0.1, 0.15) is 6.92 Å². The van der Waals surface area contributed by atoms with Crippen molar-refractivity contribution < 1.29 is 10.2 Å². The van der Waals surface area contributed by atoms with Gasteiger partial charge in [-0.2, -0.15) is 0 Å². The Kier molecular flexibility index (Phi) is 3.39. The minimum atomic E-state index is -0.618. The molecule has 0 saturated carbocycles. The van der Waals surface area contributed by atoms with Crippen LogP contribution in [0.2, 0.25) is 0 Å². The lowest BCUT2D eigenvalue weighted by molar-refractivity contribution is 0.252. The van der Waals surface area contributed by atoms with E-state index in [0.29, 0.717) is 0 Å². The average Bonchev–Trinajstić information content (AvgIpc) is 1.61. The Morgan fingerprint density at radius 2 is 2.29 bits per heavy atom. The van der Waals surface area contributed by atoms with Crippen LogP contribution in [0.4, 0.5) is 0 Å². The van der Waals surface area contributed by atoms with Crippen LogP contribution < -0.4 is 0 Å². The normalized spacial score (nSPS) is 11.9. The van der Waals surface area contributed by atoms with Gasteiger partial charge >= 0.3 is 0 Å². The number of aliphatic hydroxyl groups excluding tert-OH is 2. The van der Waals surface area contributed by atoms with Gasteiger partial charge in [0.05, 0.1) is 0 Å². The summed E-state index contributed by atoms with van der Waals surface area (Å²) in [5.74, 6) is 4.65. The summed E-state index contributed by atoms with van der Waals surface area (Å²) in [6.45, 7) is 1.37. The first-order valence-corrected chi connectivity index (χ1v) is 2.04. The van der Waals surface area contributed by atoms with E-state index in [0.717, 1.165) is 0 Å². The van der Waals surface area contributed by atoms with Crippen LogP contribution in [-0.2, 0) is 0 Å². The molecule has 0 aliphatic carbocycles. The Labute approximate surface area is 42.8 Å².